The minimum Gasteiger partial charge on any atom is -0.497 e. The lowest BCUT2D eigenvalue weighted by atomic mass is 10.0. The molecule has 0 fully saturated rings. The number of hydrogen-bond acceptors (Lipinski definition) is 3. The zero-order valence-electron chi connectivity index (χ0n) is 11.9. The molecule has 1 aromatic heterocycles. The number of ether oxygens (including phenoxy) is 1. The van der Waals surface area contributed by atoms with Crippen molar-refractivity contribution < 1.29 is 4.74 Å². The van der Waals surface area contributed by atoms with Crippen LogP contribution in [0.5, 0.6) is 5.75 Å². The monoisotopic (exact) mass is 353 g/mol. The molecule has 20 heavy (non-hydrogen) atoms. The third-order valence-corrected chi connectivity index (χ3v) is 4.91. The second kappa shape index (κ2) is 7.81. The van der Waals surface area contributed by atoms with Gasteiger partial charge in [0.25, 0.3) is 0 Å². The fourth-order valence-electron chi connectivity index (χ4n) is 2.28. The highest BCUT2D eigenvalue weighted by Crippen LogP contribution is 2.24. The normalized spacial score (nSPS) is 12.3. The number of halogens is 1. The first-order valence-electron chi connectivity index (χ1n) is 6.81. The van der Waals surface area contributed by atoms with Gasteiger partial charge in [-0.2, -0.15) is 0 Å². The predicted molar refractivity (Wildman–Crippen MR) is 89.9 cm³/mol. The van der Waals surface area contributed by atoms with Crippen molar-refractivity contribution in [2.24, 2.45) is 0 Å². The first kappa shape index (κ1) is 15.5. The van der Waals surface area contributed by atoms with Gasteiger partial charge in [-0.05, 0) is 54.6 Å². The lowest BCUT2D eigenvalue weighted by molar-refractivity contribution is 0.413. The van der Waals surface area contributed by atoms with Crippen LogP contribution in [0.15, 0.2) is 40.2 Å². The van der Waals surface area contributed by atoms with E-state index in [1.54, 1.807) is 7.11 Å². The molecule has 1 unspecified atom stereocenters. The molecule has 1 atom stereocenters. The van der Waals surface area contributed by atoms with Crippen LogP contribution in [-0.4, -0.2) is 19.7 Å². The Morgan fingerprint density at radius 2 is 2.15 bits per heavy atom. The molecular weight excluding hydrogens is 334 g/mol. The molecular formula is C16H20BrNOS. The minimum absolute atomic E-state index is 0.446. The van der Waals surface area contributed by atoms with Crippen LogP contribution in [0.25, 0.3) is 0 Å². The van der Waals surface area contributed by atoms with E-state index in [0.717, 1.165) is 29.6 Å². The Hall–Kier alpha value is -0.840. The molecule has 108 valence electrons. The highest BCUT2D eigenvalue weighted by Gasteiger charge is 2.13. The molecule has 0 spiro atoms. The molecule has 1 heterocycles. The smallest absolute Gasteiger partial charge is 0.119 e. The van der Waals surface area contributed by atoms with Gasteiger partial charge >= 0.3 is 0 Å². The van der Waals surface area contributed by atoms with Gasteiger partial charge in [0.05, 0.1) is 7.11 Å². The summed E-state index contributed by atoms with van der Waals surface area (Å²) in [6, 6.07) is 10.9. The first-order chi connectivity index (χ1) is 9.72. The van der Waals surface area contributed by atoms with Crippen LogP contribution in [0, 0.1) is 0 Å². The zero-order chi connectivity index (χ0) is 14.4. The van der Waals surface area contributed by atoms with Crippen molar-refractivity contribution >= 4 is 27.3 Å². The van der Waals surface area contributed by atoms with E-state index in [2.05, 4.69) is 57.8 Å². The summed E-state index contributed by atoms with van der Waals surface area (Å²) in [5.41, 5.74) is 1.28. The van der Waals surface area contributed by atoms with Crippen LogP contribution in [0.4, 0.5) is 0 Å². The largest absolute Gasteiger partial charge is 0.497 e. The molecule has 0 saturated carbocycles. The molecule has 1 aromatic carbocycles. The van der Waals surface area contributed by atoms with Gasteiger partial charge in [0, 0.05) is 15.4 Å². The van der Waals surface area contributed by atoms with Gasteiger partial charge in [-0.3, -0.25) is 0 Å². The maximum atomic E-state index is 5.32. The van der Waals surface area contributed by atoms with Gasteiger partial charge in [-0.15, -0.1) is 11.3 Å². The Morgan fingerprint density at radius 3 is 2.80 bits per heavy atom. The average Bonchev–Trinajstić information content (AvgIpc) is 2.94. The number of likely N-dealkylation sites (N-methyl/N-ethyl adjacent to an activating group) is 1. The lowest BCUT2D eigenvalue weighted by Crippen LogP contribution is -2.32. The van der Waals surface area contributed by atoms with E-state index in [4.69, 9.17) is 4.74 Å². The summed E-state index contributed by atoms with van der Waals surface area (Å²) >= 11 is 5.46. The first-order valence-corrected chi connectivity index (χ1v) is 8.48. The summed E-state index contributed by atoms with van der Waals surface area (Å²) in [5.74, 6) is 0.912. The van der Waals surface area contributed by atoms with Crippen LogP contribution >= 0.6 is 27.3 Å². The number of hydrogen-bond donors (Lipinski definition) is 1. The van der Waals surface area contributed by atoms with E-state index in [1.165, 1.54) is 10.4 Å². The van der Waals surface area contributed by atoms with Crippen LogP contribution in [0.1, 0.15) is 17.4 Å². The second-order valence-corrected chi connectivity index (χ2v) is 6.59. The van der Waals surface area contributed by atoms with Gasteiger partial charge in [-0.25, -0.2) is 0 Å². The molecule has 0 aliphatic carbocycles. The lowest BCUT2D eigenvalue weighted by Gasteiger charge is -2.18. The van der Waals surface area contributed by atoms with Crippen molar-refractivity contribution in [3.63, 3.8) is 0 Å². The fraction of sp³-hybridized carbons (Fsp3) is 0.375. The summed E-state index contributed by atoms with van der Waals surface area (Å²) in [6.07, 6.45) is 2.05. The quantitative estimate of drug-likeness (QED) is 0.801. The fourth-order valence-corrected chi connectivity index (χ4v) is 3.47. The topological polar surface area (TPSA) is 21.3 Å². The summed E-state index contributed by atoms with van der Waals surface area (Å²) in [5, 5.41) is 5.72. The van der Waals surface area contributed by atoms with E-state index in [-0.39, 0.29) is 0 Å². The Kier molecular flexibility index (Phi) is 6.07. The Balaban J connectivity index is 2.10. The highest BCUT2D eigenvalue weighted by molar-refractivity contribution is 9.10. The summed E-state index contributed by atoms with van der Waals surface area (Å²) in [4.78, 5) is 1.43. The molecule has 0 amide bonds. The molecule has 0 bridgehead atoms. The summed E-state index contributed by atoms with van der Waals surface area (Å²) in [6.45, 7) is 3.14. The van der Waals surface area contributed by atoms with E-state index in [1.807, 2.05) is 17.4 Å². The molecule has 0 saturated heterocycles. The molecule has 2 nitrogen and oxygen atoms in total. The van der Waals surface area contributed by atoms with Crippen LogP contribution in [0.2, 0.25) is 0 Å². The minimum atomic E-state index is 0.446. The summed E-state index contributed by atoms with van der Waals surface area (Å²) < 4.78 is 6.46. The van der Waals surface area contributed by atoms with Crippen molar-refractivity contribution in [1.82, 2.24) is 5.32 Å². The number of benzene rings is 1. The second-order valence-electron chi connectivity index (χ2n) is 4.70. The zero-order valence-corrected chi connectivity index (χ0v) is 14.3. The van der Waals surface area contributed by atoms with E-state index < -0.39 is 0 Å². The molecule has 1 N–H and O–H groups in total. The van der Waals surface area contributed by atoms with Crippen LogP contribution < -0.4 is 10.1 Å². The van der Waals surface area contributed by atoms with Crippen molar-refractivity contribution in [1.29, 1.82) is 0 Å². The number of thiophene rings is 1. The molecule has 2 rings (SSSR count). The van der Waals surface area contributed by atoms with Gasteiger partial charge in [0.2, 0.25) is 0 Å². The Morgan fingerprint density at radius 1 is 1.30 bits per heavy atom. The van der Waals surface area contributed by atoms with Crippen LogP contribution in [0.3, 0.4) is 0 Å². The van der Waals surface area contributed by atoms with Gasteiger partial charge in [0.1, 0.15) is 5.75 Å². The average molecular weight is 354 g/mol. The molecule has 0 aliphatic rings. The molecule has 4 heteroatoms. The van der Waals surface area contributed by atoms with Crippen molar-refractivity contribution in [3.05, 3.63) is 50.6 Å². The maximum Gasteiger partial charge on any atom is 0.119 e. The number of rotatable bonds is 7. The Labute approximate surface area is 133 Å². The molecule has 2 aromatic rings. The van der Waals surface area contributed by atoms with E-state index in [9.17, 15) is 0 Å². The number of nitrogens with one attached hydrogen (secondary N) is 1. The van der Waals surface area contributed by atoms with E-state index in [0.29, 0.717) is 6.04 Å². The third-order valence-electron chi connectivity index (χ3n) is 3.24. The predicted octanol–water partition coefficient (Wildman–Crippen LogP) is 4.28. The van der Waals surface area contributed by atoms with Crippen molar-refractivity contribution in [2.75, 3.05) is 13.7 Å². The van der Waals surface area contributed by atoms with Gasteiger partial charge < -0.3 is 10.1 Å². The third kappa shape index (κ3) is 4.33. The number of methoxy groups -OCH3 is 1. The van der Waals surface area contributed by atoms with Gasteiger partial charge in [-0.1, -0.05) is 28.9 Å². The summed E-state index contributed by atoms with van der Waals surface area (Å²) in [7, 11) is 1.71. The standard InChI is InChI=1S/C16H20BrNOS/c1-3-18-13(11-15-5-4-8-20-15)9-12-10-14(19-2)6-7-16(12)17/h4-8,10,13,18H,3,9,11H2,1-2H3. The van der Waals surface area contributed by atoms with Crippen molar-refractivity contribution in [3.8, 4) is 5.75 Å². The van der Waals surface area contributed by atoms with Crippen LogP contribution in [-0.2, 0) is 12.8 Å². The molecule has 0 aliphatic heterocycles. The maximum absolute atomic E-state index is 5.32. The molecule has 0 radical (unpaired) electrons. The van der Waals surface area contributed by atoms with Crippen molar-refractivity contribution in [2.45, 2.75) is 25.8 Å². The Bertz CT molecular complexity index is 527. The SMILES string of the molecule is CCNC(Cc1cccs1)Cc1cc(OC)ccc1Br. The van der Waals surface area contributed by atoms with Gasteiger partial charge in [0.15, 0.2) is 0 Å². The highest BCUT2D eigenvalue weighted by atomic mass is 79.9. The van der Waals surface area contributed by atoms with E-state index >= 15 is 0 Å².